The summed E-state index contributed by atoms with van der Waals surface area (Å²) in [4.78, 5) is 6.94. The lowest BCUT2D eigenvalue weighted by Crippen LogP contribution is -2.44. The highest BCUT2D eigenvalue weighted by atomic mass is 16.4. The summed E-state index contributed by atoms with van der Waals surface area (Å²) in [5, 5.41) is 3.55. The number of hydrogen-bond acceptors (Lipinski definition) is 4. The predicted octanol–water partition coefficient (Wildman–Crippen LogP) is 2.25. The van der Waals surface area contributed by atoms with Crippen LogP contribution in [0.25, 0.3) is 0 Å². The maximum absolute atomic E-state index is 5.58. The molecule has 0 unspecified atom stereocenters. The van der Waals surface area contributed by atoms with E-state index < -0.39 is 0 Å². The van der Waals surface area contributed by atoms with Crippen LogP contribution in [0.5, 0.6) is 0 Å². The van der Waals surface area contributed by atoms with E-state index in [-0.39, 0.29) is 0 Å². The van der Waals surface area contributed by atoms with Crippen molar-refractivity contribution in [1.82, 2.24) is 15.2 Å². The van der Waals surface area contributed by atoms with Crippen LogP contribution in [0.2, 0.25) is 0 Å². The van der Waals surface area contributed by atoms with E-state index in [1.807, 2.05) is 13.8 Å². The Kier molecular flexibility index (Phi) is 4.40. The zero-order valence-corrected chi connectivity index (χ0v) is 12.0. The largest absolute Gasteiger partial charge is 0.444 e. The molecule has 0 aromatic carbocycles. The highest BCUT2D eigenvalue weighted by Gasteiger charge is 2.20. The number of aryl methyl sites for hydroxylation is 2. The van der Waals surface area contributed by atoms with Crippen LogP contribution in [0.15, 0.2) is 4.42 Å². The van der Waals surface area contributed by atoms with Crippen molar-refractivity contribution in [3.63, 3.8) is 0 Å². The maximum atomic E-state index is 5.58. The first-order chi connectivity index (χ1) is 8.56. The summed E-state index contributed by atoms with van der Waals surface area (Å²) >= 11 is 0. The molecule has 1 N–H and O–H groups in total. The standard InChI is InChI=1S/C14H25N3O/c1-10(2)17-7-5-13(6-8-17)15-9-14-16-11(3)12(4)18-14/h10,13,15H,5-9H2,1-4H3. The Labute approximate surface area is 110 Å². The van der Waals surface area contributed by atoms with E-state index in [9.17, 15) is 0 Å². The summed E-state index contributed by atoms with van der Waals surface area (Å²) in [6, 6.07) is 1.27. The van der Waals surface area contributed by atoms with E-state index in [1.54, 1.807) is 0 Å². The van der Waals surface area contributed by atoms with Crippen LogP contribution >= 0.6 is 0 Å². The molecule has 4 heteroatoms. The number of likely N-dealkylation sites (tertiary alicyclic amines) is 1. The Bertz CT molecular complexity index is 359. The van der Waals surface area contributed by atoms with E-state index in [0.29, 0.717) is 12.1 Å². The highest BCUT2D eigenvalue weighted by Crippen LogP contribution is 2.14. The summed E-state index contributed by atoms with van der Waals surface area (Å²) in [6.07, 6.45) is 2.44. The van der Waals surface area contributed by atoms with Crippen LogP contribution in [0.3, 0.4) is 0 Å². The minimum absolute atomic E-state index is 0.604. The smallest absolute Gasteiger partial charge is 0.208 e. The first-order valence-corrected chi connectivity index (χ1v) is 6.96. The third-order valence-electron chi connectivity index (χ3n) is 3.87. The second-order valence-electron chi connectivity index (χ2n) is 5.53. The Morgan fingerprint density at radius 3 is 2.50 bits per heavy atom. The molecule has 0 aliphatic carbocycles. The van der Waals surface area contributed by atoms with E-state index in [1.165, 1.54) is 25.9 Å². The number of rotatable bonds is 4. The molecule has 1 aliphatic rings. The van der Waals surface area contributed by atoms with Crippen molar-refractivity contribution in [2.24, 2.45) is 0 Å². The molecule has 1 saturated heterocycles. The molecule has 1 aliphatic heterocycles. The van der Waals surface area contributed by atoms with Gasteiger partial charge in [0.2, 0.25) is 5.89 Å². The molecule has 1 aromatic heterocycles. The Morgan fingerprint density at radius 1 is 1.33 bits per heavy atom. The number of aromatic nitrogens is 1. The summed E-state index contributed by atoms with van der Waals surface area (Å²) in [5.41, 5.74) is 1.00. The van der Waals surface area contributed by atoms with Crippen molar-refractivity contribution in [2.75, 3.05) is 13.1 Å². The van der Waals surface area contributed by atoms with Crippen LogP contribution < -0.4 is 5.32 Å². The SMILES string of the molecule is Cc1nc(CNC2CCN(C(C)C)CC2)oc1C. The predicted molar refractivity (Wildman–Crippen MR) is 72.5 cm³/mol. The van der Waals surface area contributed by atoms with Crippen molar-refractivity contribution in [3.8, 4) is 0 Å². The zero-order valence-electron chi connectivity index (χ0n) is 12.0. The molecule has 1 fully saturated rings. The number of hydrogen-bond donors (Lipinski definition) is 1. The van der Waals surface area contributed by atoms with Gasteiger partial charge >= 0.3 is 0 Å². The molecule has 1 aromatic rings. The van der Waals surface area contributed by atoms with Gasteiger partial charge < -0.3 is 14.6 Å². The summed E-state index contributed by atoms with van der Waals surface area (Å²) in [7, 11) is 0. The molecule has 0 saturated carbocycles. The van der Waals surface area contributed by atoms with Gasteiger partial charge in [-0.3, -0.25) is 0 Å². The molecule has 0 spiro atoms. The Hall–Kier alpha value is -0.870. The zero-order chi connectivity index (χ0) is 13.1. The van der Waals surface area contributed by atoms with E-state index in [4.69, 9.17) is 4.42 Å². The second-order valence-corrected chi connectivity index (χ2v) is 5.53. The second kappa shape index (κ2) is 5.85. The first-order valence-electron chi connectivity index (χ1n) is 6.96. The minimum Gasteiger partial charge on any atom is -0.444 e. The molecular weight excluding hydrogens is 226 g/mol. The van der Waals surface area contributed by atoms with Crippen molar-refractivity contribution in [3.05, 3.63) is 17.3 Å². The quantitative estimate of drug-likeness (QED) is 0.891. The van der Waals surface area contributed by atoms with Crippen LogP contribution in [0.4, 0.5) is 0 Å². The van der Waals surface area contributed by atoms with Crippen LogP contribution in [0, 0.1) is 13.8 Å². The van der Waals surface area contributed by atoms with Gasteiger partial charge in [-0.25, -0.2) is 4.98 Å². The van der Waals surface area contributed by atoms with Crippen molar-refractivity contribution < 1.29 is 4.42 Å². The van der Waals surface area contributed by atoms with Gasteiger partial charge in [0, 0.05) is 12.1 Å². The molecule has 2 heterocycles. The molecule has 2 rings (SSSR count). The van der Waals surface area contributed by atoms with Gasteiger partial charge in [-0.2, -0.15) is 0 Å². The number of nitrogens with zero attached hydrogens (tertiary/aromatic N) is 2. The van der Waals surface area contributed by atoms with E-state index in [2.05, 4.69) is 29.0 Å². The number of nitrogens with one attached hydrogen (secondary N) is 1. The molecule has 102 valence electrons. The van der Waals surface area contributed by atoms with E-state index in [0.717, 1.165) is 23.9 Å². The molecular formula is C14H25N3O. The van der Waals surface area contributed by atoms with Gasteiger partial charge in [-0.05, 0) is 53.6 Å². The van der Waals surface area contributed by atoms with Gasteiger partial charge in [0.1, 0.15) is 5.76 Å². The van der Waals surface area contributed by atoms with Crippen molar-refractivity contribution >= 4 is 0 Å². The lowest BCUT2D eigenvalue weighted by Gasteiger charge is -2.34. The monoisotopic (exact) mass is 251 g/mol. The fraction of sp³-hybridized carbons (Fsp3) is 0.786. The number of oxazole rings is 1. The molecule has 4 nitrogen and oxygen atoms in total. The van der Waals surface area contributed by atoms with Gasteiger partial charge in [-0.1, -0.05) is 0 Å². The highest BCUT2D eigenvalue weighted by molar-refractivity contribution is 5.05. The van der Waals surface area contributed by atoms with Gasteiger partial charge in [0.15, 0.2) is 0 Å². The molecule has 0 radical (unpaired) electrons. The summed E-state index contributed by atoms with van der Waals surface area (Å²) in [5.74, 6) is 1.75. The molecule has 0 bridgehead atoms. The fourth-order valence-corrected chi connectivity index (χ4v) is 2.47. The third-order valence-corrected chi connectivity index (χ3v) is 3.87. The summed E-state index contributed by atoms with van der Waals surface area (Å²) < 4.78 is 5.58. The van der Waals surface area contributed by atoms with Crippen LogP contribution in [-0.4, -0.2) is 35.1 Å². The minimum atomic E-state index is 0.604. The third kappa shape index (κ3) is 3.33. The van der Waals surface area contributed by atoms with Gasteiger partial charge in [0.05, 0.1) is 12.2 Å². The van der Waals surface area contributed by atoms with Gasteiger partial charge in [-0.15, -0.1) is 0 Å². The Morgan fingerprint density at radius 2 is 2.00 bits per heavy atom. The fourth-order valence-electron chi connectivity index (χ4n) is 2.47. The molecule has 0 atom stereocenters. The Balaban J connectivity index is 1.75. The maximum Gasteiger partial charge on any atom is 0.208 e. The lowest BCUT2D eigenvalue weighted by atomic mass is 10.0. The average Bonchev–Trinajstić information content (AvgIpc) is 2.67. The summed E-state index contributed by atoms with van der Waals surface area (Å²) in [6.45, 7) is 11.6. The lowest BCUT2D eigenvalue weighted by molar-refractivity contribution is 0.159. The van der Waals surface area contributed by atoms with Crippen LogP contribution in [0.1, 0.15) is 44.0 Å². The average molecular weight is 251 g/mol. The van der Waals surface area contributed by atoms with Crippen molar-refractivity contribution in [1.29, 1.82) is 0 Å². The molecule has 18 heavy (non-hydrogen) atoms. The normalized spacial score (nSPS) is 18.7. The first kappa shape index (κ1) is 13.6. The van der Waals surface area contributed by atoms with Gasteiger partial charge in [0.25, 0.3) is 0 Å². The van der Waals surface area contributed by atoms with Crippen molar-refractivity contribution in [2.45, 2.75) is 59.2 Å². The van der Waals surface area contributed by atoms with E-state index >= 15 is 0 Å². The number of piperidine rings is 1. The topological polar surface area (TPSA) is 41.3 Å². The molecule has 0 amide bonds. The van der Waals surface area contributed by atoms with Crippen LogP contribution in [-0.2, 0) is 6.54 Å².